The number of pyridine rings is 1. The van der Waals surface area contributed by atoms with Gasteiger partial charge in [0.15, 0.2) is 0 Å². The van der Waals surface area contributed by atoms with E-state index in [1.165, 1.54) is 6.92 Å². The van der Waals surface area contributed by atoms with Crippen LogP contribution in [0.3, 0.4) is 0 Å². The van der Waals surface area contributed by atoms with Crippen LogP contribution in [0.25, 0.3) is 0 Å². The molecule has 1 aromatic rings. The minimum absolute atomic E-state index is 0.0278. The zero-order valence-electron chi connectivity index (χ0n) is 14.2. The summed E-state index contributed by atoms with van der Waals surface area (Å²) in [6, 6.07) is 0.804. The van der Waals surface area contributed by atoms with E-state index in [2.05, 4.69) is 4.98 Å². The molecule has 0 spiro atoms. The lowest BCUT2D eigenvalue weighted by molar-refractivity contribution is -0.141. The number of halogens is 4. The maximum absolute atomic E-state index is 12.7. The molecule has 2 unspecified atom stereocenters. The Kier molecular flexibility index (Phi) is 7.04. The first kappa shape index (κ1) is 20.7. The van der Waals surface area contributed by atoms with Crippen molar-refractivity contribution >= 4 is 17.5 Å². The number of carbonyl (C=O) groups is 1. The number of hydrogen-bond acceptors (Lipinski definition) is 3. The SMILES string of the molecule is CC.Cc1cc(C(F)(F)F)nc(Cl)c1C(=O)N1CCC(C(C)N)C1. The van der Waals surface area contributed by atoms with Gasteiger partial charge in [0.2, 0.25) is 0 Å². The number of aromatic nitrogens is 1. The average molecular weight is 366 g/mol. The highest BCUT2D eigenvalue weighted by molar-refractivity contribution is 6.32. The van der Waals surface area contributed by atoms with Gasteiger partial charge in [-0.25, -0.2) is 4.98 Å². The van der Waals surface area contributed by atoms with Gasteiger partial charge in [-0.05, 0) is 37.8 Å². The minimum atomic E-state index is -4.59. The monoisotopic (exact) mass is 365 g/mol. The third kappa shape index (κ3) is 4.60. The topological polar surface area (TPSA) is 59.2 Å². The van der Waals surface area contributed by atoms with Gasteiger partial charge >= 0.3 is 6.18 Å². The Morgan fingerprint density at radius 2 is 2.04 bits per heavy atom. The van der Waals surface area contributed by atoms with Crippen molar-refractivity contribution in [2.24, 2.45) is 11.7 Å². The zero-order valence-corrected chi connectivity index (χ0v) is 15.0. The summed E-state index contributed by atoms with van der Waals surface area (Å²) in [4.78, 5) is 17.4. The van der Waals surface area contributed by atoms with Crippen LogP contribution in [0.5, 0.6) is 0 Å². The molecule has 24 heavy (non-hydrogen) atoms. The Hall–Kier alpha value is -1.34. The second kappa shape index (κ2) is 8.16. The number of hydrogen-bond donors (Lipinski definition) is 1. The fourth-order valence-corrected chi connectivity index (χ4v) is 2.92. The molecule has 1 fully saturated rings. The molecule has 2 rings (SSSR count). The highest BCUT2D eigenvalue weighted by atomic mass is 35.5. The zero-order chi connectivity index (χ0) is 18.7. The van der Waals surface area contributed by atoms with E-state index in [9.17, 15) is 18.0 Å². The summed E-state index contributed by atoms with van der Waals surface area (Å²) in [5.41, 5.74) is 4.92. The van der Waals surface area contributed by atoms with Gasteiger partial charge in [0.1, 0.15) is 10.8 Å². The van der Waals surface area contributed by atoms with Crippen molar-refractivity contribution in [1.82, 2.24) is 9.88 Å². The highest BCUT2D eigenvalue weighted by Gasteiger charge is 2.36. The van der Waals surface area contributed by atoms with Crippen molar-refractivity contribution in [3.05, 3.63) is 28.0 Å². The van der Waals surface area contributed by atoms with Crippen LogP contribution in [0.4, 0.5) is 13.2 Å². The molecular formula is C16H23ClF3N3O. The maximum atomic E-state index is 12.7. The van der Waals surface area contributed by atoms with Crippen molar-refractivity contribution in [3.8, 4) is 0 Å². The highest BCUT2D eigenvalue weighted by Crippen LogP contribution is 2.32. The molecule has 1 amide bonds. The lowest BCUT2D eigenvalue weighted by atomic mass is 10.0. The summed E-state index contributed by atoms with van der Waals surface area (Å²) in [7, 11) is 0. The van der Waals surface area contributed by atoms with Crippen LogP contribution in [0.15, 0.2) is 6.07 Å². The van der Waals surface area contributed by atoms with Gasteiger partial charge in [-0.1, -0.05) is 25.4 Å². The van der Waals surface area contributed by atoms with Crippen LogP contribution in [0.2, 0.25) is 5.15 Å². The number of nitrogens with zero attached hydrogens (tertiary/aromatic N) is 2. The summed E-state index contributed by atoms with van der Waals surface area (Å²) in [6.45, 7) is 8.29. The van der Waals surface area contributed by atoms with E-state index in [1.54, 1.807) is 4.90 Å². The Morgan fingerprint density at radius 3 is 2.46 bits per heavy atom. The van der Waals surface area contributed by atoms with Crippen LogP contribution in [0, 0.1) is 12.8 Å². The second-order valence-corrected chi connectivity index (χ2v) is 6.01. The molecule has 1 saturated heterocycles. The summed E-state index contributed by atoms with van der Waals surface area (Å²) < 4.78 is 38.1. The summed E-state index contributed by atoms with van der Waals surface area (Å²) in [6.07, 6.45) is -3.82. The summed E-state index contributed by atoms with van der Waals surface area (Å²) in [5.74, 6) is -0.211. The van der Waals surface area contributed by atoms with Gasteiger partial charge in [-0.15, -0.1) is 0 Å². The van der Waals surface area contributed by atoms with E-state index in [0.717, 1.165) is 12.5 Å². The molecule has 0 aromatic carbocycles. The molecule has 1 aromatic heterocycles. The molecule has 1 aliphatic heterocycles. The molecule has 8 heteroatoms. The van der Waals surface area contributed by atoms with Gasteiger partial charge in [0.25, 0.3) is 5.91 Å². The van der Waals surface area contributed by atoms with Gasteiger partial charge in [-0.3, -0.25) is 4.79 Å². The number of aryl methyl sites for hydroxylation is 1. The Labute approximate surface area is 145 Å². The van der Waals surface area contributed by atoms with Crippen molar-refractivity contribution in [1.29, 1.82) is 0 Å². The predicted molar refractivity (Wildman–Crippen MR) is 88.0 cm³/mol. The molecule has 0 saturated carbocycles. The summed E-state index contributed by atoms with van der Waals surface area (Å²) in [5, 5.41) is -0.415. The van der Waals surface area contributed by atoms with Crippen molar-refractivity contribution in [3.63, 3.8) is 0 Å². The molecule has 4 nitrogen and oxygen atoms in total. The number of carbonyl (C=O) groups excluding carboxylic acids is 1. The molecule has 0 aliphatic carbocycles. The molecule has 0 bridgehead atoms. The average Bonchev–Trinajstić information content (AvgIpc) is 2.97. The lowest BCUT2D eigenvalue weighted by Crippen LogP contribution is -2.33. The van der Waals surface area contributed by atoms with Gasteiger partial charge in [0, 0.05) is 19.1 Å². The fourth-order valence-electron chi connectivity index (χ4n) is 2.60. The van der Waals surface area contributed by atoms with E-state index in [1.807, 2.05) is 20.8 Å². The molecule has 136 valence electrons. The van der Waals surface area contributed by atoms with Gasteiger partial charge < -0.3 is 10.6 Å². The van der Waals surface area contributed by atoms with E-state index in [0.29, 0.717) is 13.1 Å². The molecule has 2 N–H and O–H groups in total. The minimum Gasteiger partial charge on any atom is -0.338 e. The first-order valence-corrected chi connectivity index (χ1v) is 8.28. The van der Waals surface area contributed by atoms with E-state index >= 15 is 0 Å². The Balaban J connectivity index is 0.00000139. The van der Waals surface area contributed by atoms with Crippen LogP contribution >= 0.6 is 11.6 Å². The molecule has 2 heterocycles. The Morgan fingerprint density at radius 1 is 1.46 bits per heavy atom. The number of amides is 1. The summed E-state index contributed by atoms with van der Waals surface area (Å²) >= 11 is 5.83. The van der Waals surface area contributed by atoms with E-state index in [-0.39, 0.29) is 23.1 Å². The normalized spacial score (nSPS) is 18.9. The Bertz CT molecular complexity index is 567. The van der Waals surface area contributed by atoms with Crippen LogP contribution in [-0.2, 0) is 6.18 Å². The van der Waals surface area contributed by atoms with E-state index in [4.69, 9.17) is 17.3 Å². The molecule has 1 aliphatic rings. The standard InChI is InChI=1S/C14H17ClF3N3O.C2H6/c1-7-5-10(14(16,17)18)20-12(15)11(7)13(22)21-4-3-9(6-21)8(2)19;1-2/h5,8-9H,3-4,6,19H2,1-2H3;1-2H3. The van der Waals surface area contributed by atoms with Crippen molar-refractivity contribution in [2.45, 2.75) is 46.3 Å². The van der Waals surface area contributed by atoms with Crippen molar-refractivity contribution in [2.75, 3.05) is 13.1 Å². The first-order valence-electron chi connectivity index (χ1n) is 7.90. The first-order chi connectivity index (χ1) is 11.1. The number of nitrogens with two attached hydrogens (primary N) is 1. The van der Waals surface area contributed by atoms with Crippen LogP contribution in [-0.4, -0.2) is 34.9 Å². The number of likely N-dealkylation sites (tertiary alicyclic amines) is 1. The largest absolute Gasteiger partial charge is 0.433 e. The number of rotatable bonds is 2. The third-order valence-corrected chi connectivity index (χ3v) is 4.21. The number of alkyl halides is 3. The van der Waals surface area contributed by atoms with Crippen LogP contribution in [0.1, 0.15) is 48.8 Å². The quantitative estimate of drug-likeness (QED) is 0.809. The van der Waals surface area contributed by atoms with Gasteiger partial charge in [-0.2, -0.15) is 13.2 Å². The van der Waals surface area contributed by atoms with E-state index < -0.39 is 22.9 Å². The fraction of sp³-hybridized carbons (Fsp3) is 0.625. The maximum Gasteiger partial charge on any atom is 0.433 e. The molecule has 0 radical (unpaired) electrons. The predicted octanol–water partition coefficient (Wildman–Crippen LogP) is 3.90. The lowest BCUT2D eigenvalue weighted by Gasteiger charge is -2.20. The van der Waals surface area contributed by atoms with Crippen LogP contribution < -0.4 is 5.73 Å². The van der Waals surface area contributed by atoms with Gasteiger partial charge in [0.05, 0.1) is 5.56 Å². The van der Waals surface area contributed by atoms with Crippen molar-refractivity contribution < 1.29 is 18.0 Å². The molecular weight excluding hydrogens is 343 g/mol. The molecule has 2 atom stereocenters. The smallest absolute Gasteiger partial charge is 0.338 e. The third-order valence-electron chi connectivity index (χ3n) is 3.93. The second-order valence-electron chi connectivity index (χ2n) is 5.65.